The zero-order valence-electron chi connectivity index (χ0n) is 15.5. The van der Waals surface area contributed by atoms with E-state index in [9.17, 15) is 0 Å². The summed E-state index contributed by atoms with van der Waals surface area (Å²) in [6.45, 7) is 7.36. The van der Waals surface area contributed by atoms with Gasteiger partial charge in [0.2, 0.25) is 0 Å². The standard InChI is InChI=1S/C21H22Cl2NO.2Y/c1-21(2)18(12-20(22)23)19(21)14-24-13-15-7-6-10-17(11-15)25-16-8-4-3-5-9-16;;/h3-12,14,18-19,24H,13H2,1-2H3;;/q-1;;. The van der Waals surface area contributed by atoms with E-state index >= 15 is 0 Å². The van der Waals surface area contributed by atoms with Crippen LogP contribution < -0.4 is 10.1 Å². The van der Waals surface area contributed by atoms with Crippen LogP contribution in [0, 0.1) is 23.8 Å². The summed E-state index contributed by atoms with van der Waals surface area (Å²) in [5.74, 6) is 2.50. The van der Waals surface area contributed by atoms with Gasteiger partial charge in [0.15, 0.2) is 0 Å². The molecule has 0 aromatic heterocycles. The van der Waals surface area contributed by atoms with Crippen molar-refractivity contribution in [3.8, 4) is 11.5 Å². The average Bonchev–Trinajstić information content (AvgIpc) is 3.08. The van der Waals surface area contributed by atoms with Crippen molar-refractivity contribution in [2.45, 2.75) is 20.4 Å². The Labute approximate surface area is 222 Å². The smallest absolute Gasteiger partial charge is 0.127 e. The molecule has 3 rings (SSSR count). The van der Waals surface area contributed by atoms with Crippen LogP contribution in [-0.4, -0.2) is 0 Å². The van der Waals surface area contributed by atoms with E-state index in [-0.39, 0.29) is 70.8 Å². The molecule has 27 heavy (non-hydrogen) atoms. The fraction of sp³-hybridized carbons (Fsp3) is 0.286. The molecule has 1 aliphatic rings. The average molecular weight is 553 g/mol. The second kappa shape index (κ2) is 11.8. The number of nitrogens with one attached hydrogen (secondary N) is 1. The van der Waals surface area contributed by atoms with Gasteiger partial charge in [-0.2, -0.15) is 0 Å². The summed E-state index contributed by atoms with van der Waals surface area (Å²) in [5, 5.41) is 3.42. The van der Waals surface area contributed by atoms with Gasteiger partial charge in [0, 0.05) is 65.4 Å². The van der Waals surface area contributed by atoms with E-state index in [0.717, 1.165) is 18.0 Å². The Morgan fingerprint density at radius 3 is 2.41 bits per heavy atom. The summed E-state index contributed by atoms with van der Waals surface area (Å²) < 4.78 is 6.22. The van der Waals surface area contributed by atoms with Crippen molar-refractivity contribution < 1.29 is 70.2 Å². The summed E-state index contributed by atoms with van der Waals surface area (Å²) in [6, 6.07) is 17.9. The topological polar surface area (TPSA) is 21.3 Å². The molecular weight excluding hydrogens is 531 g/mol. The van der Waals surface area contributed by atoms with Crippen molar-refractivity contribution in [1.29, 1.82) is 0 Å². The molecule has 2 aromatic carbocycles. The van der Waals surface area contributed by atoms with Gasteiger partial charge < -0.3 is 10.1 Å². The zero-order chi connectivity index (χ0) is 17.9. The maximum atomic E-state index is 5.88. The molecule has 138 valence electrons. The summed E-state index contributed by atoms with van der Waals surface area (Å²) in [5.41, 5.74) is 1.37. The van der Waals surface area contributed by atoms with E-state index in [1.165, 1.54) is 5.56 Å². The van der Waals surface area contributed by atoms with Crippen LogP contribution in [0.5, 0.6) is 11.5 Å². The third-order valence-corrected chi connectivity index (χ3v) is 5.03. The van der Waals surface area contributed by atoms with E-state index in [0.29, 0.717) is 16.3 Å². The summed E-state index contributed by atoms with van der Waals surface area (Å²) in [4.78, 5) is 0. The second-order valence-electron chi connectivity index (χ2n) is 6.94. The molecule has 6 heteroatoms. The number of hydrogen-bond acceptors (Lipinski definition) is 2. The van der Waals surface area contributed by atoms with Crippen LogP contribution >= 0.6 is 23.2 Å². The Hall–Kier alpha value is 0.728. The van der Waals surface area contributed by atoms with Crippen molar-refractivity contribution in [2.75, 3.05) is 0 Å². The van der Waals surface area contributed by atoms with Gasteiger partial charge in [-0.1, -0.05) is 78.9 Å². The Balaban J connectivity index is 0.00000182. The monoisotopic (exact) mass is 552 g/mol. The van der Waals surface area contributed by atoms with Crippen molar-refractivity contribution in [3.63, 3.8) is 0 Å². The van der Waals surface area contributed by atoms with E-state index in [1.54, 1.807) is 0 Å². The molecule has 1 N–H and O–H groups in total. The van der Waals surface area contributed by atoms with Crippen LogP contribution in [0.2, 0.25) is 0 Å². The Kier molecular flexibility index (Phi) is 11.3. The van der Waals surface area contributed by atoms with E-state index in [4.69, 9.17) is 27.9 Å². The number of halogens is 2. The van der Waals surface area contributed by atoms with Gasteiger partial charge in [0.1, 0.15) is 16.0 Å². The van der Waals surface area contributed by atoms with Gasteiger partial charge in [-0.05, 0) is 42.3 Å². The molecule has 2 unspecified atom stereocenters. The predicted molar refractivity (Wildman–Crippen MR) is 105 cm³/mol. The molecule has 1 aliphatic carbocycles. The minimum absolute atomic E-state index is 0. The van der Waals surface area contributed by atoms with Gasteiger partial charge >= 0.3 is 0 Å². The Morgan fingerprint density at radius 1 is 1.07 bits per heavy atom. The van der Waals surface area contributed by atoms with Crippen LogP contribution in [0.25, 0.3) is 0 Å². The minimum atomic E-state index is 0. The van der Waals surface area contributed by atoms with Gasteiger partial charge in [-0.15, -0.1) is 5.92 Å². The first-order chi connectivity index (χ1) is 12.0. The van der Waals surface area contributed by atoms with Crippen molar-refractivity contribution >= 4 is 23.2 Å². The first kappa shape index (κ1) is 25.8. The largest absolute Gasteiger partial charge is 0.466 e. The molecule has 2 radical (unpaired) electrons. The second-order valence-corrected chi connectivity index (χ2v) is 7.95. The fourth-order valence-electron chi connectivity index (χ4n) is 3.14. The number of hydrogen-bond donors (Lipinski definition) is 1. The summed E-state index contributed by atoms with van der Waals surface area (Å²) >= 11 is 11.6. The number of benzene rings is 2. The Morgan fingerprint density at radius 2 is 1.74 bits per heavy atom. The molecule has 0 aliphatic heterocycles. The SMILES string of the molecule is CC1(C)C(C=C(Cl)Cl)C1[CH-]NCc1cccc(Oc2ccccc2)c1.[Y].[Y]. The van der Waals surface area contributed by atoms with E-state index in [1.807, 2.05) is 48.5 Å². The molecule has 0 spiro atoms. The molecule has 0 heterocycles. The first-order valence-electron chi connectivity index (χ1n) is 8.38. The Bertz CT molecular complexity index is 749. The van der Waals surface area contributed by atoms with Crippen molar-refractivity contribution in [3.05, 3.63) is 77.3 Å². The zero-order valence-corrected chi connectivity index (χ0v) is 22.7. The maximum absolute atomic E-state index is 5.88. The molecule has 2 aromatic rings. The van der Waals surface area contributed by atoms with Crippen LogP contribution in [0.3, 0.4) is 0 Å². The number of allylic oxidation sites excluding steroid dienone is 1. The normalized spacial score (nSPS) is 19.3. The van der Waals surface area contributed by atoms with E-state index < -0.39 is 0 Å². The number of para-hydroxylation sites is 1. The minimum Gasteiger partial charge on any atom is -0.466 e. The molecule has 1 fully saturated rings. The summed E-state index contributed by atoms with van der Waals surface area (Å²) in [7, 11) is 0. The molecular formula is C21H22Cl2NOY2-. The quantitative estimate of drug-likeness (QED) is 0.406. The van der Waals surface area contributed by atoms with Crippen molar-refractivity contribution in [2.24, 2.45) is 17.3 Å². The molecule has 2 nitrogen and oxygen atoms in total. The molecule has 0 saturated heterocycles. The number of ether oxygens (including phenoxy) is 1. The van der Waals surface area contributed by atoms with Gasteiger partial charge in [0.25, 0.3) is 0 Å². The third-order valence-electron chi connectivity index (χ3n) is 4.78. The van der Waals surface area contributed by atoms with Crippen molar-refractivity contribution in [1.82, 2.24) is 5.32 Å². The maximum Gasteiger partial charge on any atom is 0.127 e. The first-order valence-corrected chi connectivity index (χ1v) is 9.14. The van der Waals surface area contributed by atoms with E-state index in [2.05, 4.69) is 37.8 Å². The van der Waals surface area contributed by atoms with Crippen LogP contribution in [-0.2, 0) is 72.0 Å². The van der Waals surface area contributed by atoms with Gasteiger partial charge in [-0.25, -0.2) is 0 Å². The number of rotatable bonds is 7. The van der Waals surface area contributed by atoms with Crippen LogP contribution in [0.1, 0.15) is 19.4 Å². The molecule has 0 amide bonds. The van der Waals surface area contributed by atoms with Crippen LogP contribution in [0.15, 0.2) is 65.2 Å². The van der Waals surface area contributed by atoms with Gasteiger partial charge in [0.05, 0.1) is 0 Å². The molecule has 1 saturated carbocycles. The molecule has 2 atom stereocenters. The predicted octanol–water partition coefficient (Wildman–Crippen LogP) is 6.32. The van der Waals surface area contributed by atoms with Crippen LogP contribution in [0.4, 0.5) is 0 Å². The van der Waals surface area contributed by atoms with Gasteiger partial charge in [-0.3, -0.25) is 6.54 Å². The third kappa shape index (κ3) is 7.48. The molecule has 0 bridgehead atoms. The fourth-order valence-corrected chi connectivity index (χ4v) is 3.41. The summed E-state index contributed by atoms with van der Waals surface area (Å²) in [6.07, 6.45) is 1.93.